The summed E-state index contributed by atoms with van der Waals surface area (Å²) in [5.41, 5.74) is 1.27. The molecule has 1 aliphatic heterocycles. The van der Waals surface area contributed by atoms with Crippen molar-refractivity contribution in [3.05, 3.63) is 101 Å². The Bertz CT molecular complexity index is 1520. The van der Waals surface area contributed by atoms with E-state index in [1.165, 1.54) is 30.3 Å². The van der Waals surface area contributed by atoms with Gasteiger partial charge < -0.3 is 9.47 Å². The van der Waals surface area contributed by atoms with Gasteiger partial charge in [0.15, 0.2) is 17.4 Å². The van der Waals surface area contributed by atoms with Crippen molar-refractivity contribution >= 4 is 0 Å². The quantitative estimate of drug-likeness (QED) is 0.196. The van der Waals surface area contributed by atoms with Crippen molar-refractivity contribution in [2.75, 3.05) is 13.5 Å². The molecule has 4 aromatic rings. The molecular weight excluding hydrogens is 542 g/mol. The van der Waals surface area contributed by atoms with Gasteiger partial charge in [-0.2, -0.15) is 0 Å². The fourth-order valence-electron chi connectivity index (χ4n) is 5.41. The molecule has 2 atom stereocenters. The van der Waals surface area contributed by atoms with Crippen LogP contribution < -0.4 is 4.74 Å². The largest absolute Gasteiger partial charge is 0.457 e. The Hall–Kier alpha value is -3.78. The molecule has 0 aliphatic carbocycles. The first-order chi connectivity index (χ1) is 19.8. The van der Waals surface area contributed by atoms with Crippen LogP contribution in [0.1, 0.15) is 44.3 Å². The minimum absolute atomic E-state index is 0.0672. The van der Waals surface area contributed by atoms with E-state index >= 15 is 8.78 Å². The van der Waals surface area contributed by atoms with Gasteiger partial charge in [0.1, 0.15) is 17.5 Å². The van der Waals surface area contributed by atoms with Gasteiger partial charge in [-0.3, -0.25) is 0 Å². The molecule has 1 aliphatic rings. The first-order valence-corrected chi connectivity index (χ1v) is 13.5. The minimum atomic E-state index is -1.42. The van der Waals surface area contributed by atoms with E-state index in [-0.39, 0.29) is 33.9 Å². The van der Waals surface area contributed by atoms with Crippen LogP contribution in [0.15, 0.2) is 66.7 Å². The Balaban J connectivity index is 1.36. The van der Waals surface area contributed by atoms with Gasteiger partial charge in [0.2, 0.25) is 6.86 Å². The molecule has 0 aromatic heterocycles. The molecule has 0 radical (unpaired) electrons. The molecule has 1 fully saturated rings. The number of benzene rings is 4. The van der Waals surface area contributed by atoms with E-state index < -0.39 is 41.7 Å². The van der Waals surface area contributed by atoms with Crippen molar-refractivity contribution in [1.82, 2.24) is 0 Å². The highest BCUT2D eigenvalue weighted by atomic mass is 19.2. The summed E-state index contributed by atoms with van der Waals surface area (Å²) in [5.74, 6) is -4.77. The van der Waals surface area contributed by atoms with Crippen LogP contribution in [0.5, 0.6) is 5.75 Å². The number of ether oxygens (including phenoxy) is 2. The summed E-state index contributed by atoms with van der Waals surface area (Å²) >= 11 is 0. The maximum atomic E-state index is 15.2. The first kappa shape index (κ1) is 28.7. The Morgan fingerprint density at radius 3 is 1.71 bits per heavy atom. The van der Waals surface area contributed by atoms with Gasteiger partial charge in [-0.05, 0) is 77.8 Å². The van der Waals surface area contributed by atoms with Crippen molar-refractivity contribution in [2.24, 2.45) is 5.92 Å². The van der Waals surface area contributed by atoms with E-state index in [9.17, 15) is 17.6 Å². The van der Waals surface area contributed by atoms with Crippen LogP contribution in [0.2, 0.25) is 0 Å². The van der Waals surface area contributed by atoms with E-state index in [0.29, 0.717) is 18.1 Å². The van der Waals surface area contributed by atoms with Crippen LogP contribution in [0.25, 0.3) is 33.4 Å². The highest BCUT2D eigenvalue weighted by Crippen LogP contribution is 2.37. The standard InChI is InChI=1S/C33H28F6O2/c1-2-3-19-4-11-32(40-17-19)22-7-10-25(29(37)14-22)20-5-8-24(27(35)12-20)21-6-9-26(28(36)13-21)23-15-30(38)33(41-18-34)31(39)16-23/h5-10,12-16,19,32H,2-4,11,17-18H2,1H3. The molecule has 1 heterocycles. The predicted molar refractivity (Wildman–Crippen MR) is 145 cm³/mol. The lowest BCUT2D eigenvalue weighted by Crippen LogP contribution is -2.20. The maximum absolute atomic E-state index is 15.2. The first-order valence-electron chi connectivity index (χ1n) is 13.5. The summed E-state index contributed by atoms with van der Waals surface area (Å²) in [6, 6.07) is 14.3. The number of hydrogen-bond acceptors (Lipinski definition) is 2. The highest BCUT2D eigenvalue weighted by Gasteiger charge is 2.24. The van der Waals surface area contributed by atoms with Crippen molar-refractivity contribution in [2.45, 2.75) is 38.7 Å². The molecule has 0 amide bonds. The van der Waals surface area contributed by atoms with Gasteiger partial charge in [0.05, 0.1) is 12.7 Å². The van der Waals surface area contributed by atoms with Crippen molar-refractivity contribution < 1.29 is 35.8 Å². The molecule has 0 saturated carbocycles. The number of hydrogen-bond donors (Lipinski definition) is 0. The van der Waals surface area contributed by atoms with E-state index in [0.717, 1.165) is 49.4 Å². The van der Waals surface area contributed by atoms with Gasteiger partial charge in [0, 0.05) is 16.7 Å². The average Bonchev–Trinajstić information content (AvgIpc) is 2.95. The van der Waals surface area contributed by atoms with Crippen molar-refractivity contribution in [3.63, 3.8) is 0 Å². The summed E-state index contributed by atoms with van der Waals surface area (Å²) < 4.78 is 96.2. The Labute approximate surface area is 234 Å². The maximum Gasteiger partial charge on any atom is 0.228 e. The molecule has 41 heavy (non-hydrogen) atoms. The van der Waals surface area contributed by atoms with Crippen LogP contribution in [-0.2, 0) is 4.74 Å². The summed E-state index contributed by atoms with van der Waals surface area (Å²) in [4.78, 5) is 0. The molecule has 0 N–H and O–H groups in total. The van der Waals surface area contributed by atoms with E-state index in [4.69, 9.17) is 4.74 Å². The molecule has 5 rings (SSSR count). The molecule has 8 heteroatoms. The molecule has 0 spiro atoms. The Kier molecular flexibility index (Phi) is 8.68. The van der Waals surface area contributed by atoms with Crippen LogP contribution >= 0.6 is 0 Å². The smallest absolute Gasteiger partial charge is 0.228 e. The van der Waals surface area contributed by atoms with Gasteiger partial charge in [-0.15, -0.1) is 0 Å². The summed E-state index contributed by atoms with van der Waals surface area (Å²) in [7, 11) is 0. The zero-order valence-electron chi connectivity index (χ0n) is 22.3. The Morgan fingerprint density at radius 1 is 0.683 bits per heavy atom. The average molecular weight is 571 g/mol. The summed E-state index contributed by atoms with van der Waals surface area (Å²) in [5, 5.41) is 0. The summed E-state index contributed by atoms with van der Waals surface area (Å²) in [6.45, 7) is 1.38. The van der Waals surface area contributed by atoms with Crippen LogP contribution in [0, 0.1) is 35.0 Å². The van der Waals surface area contributed by atoms with Gasteiger partial charge in [-0.25, -0.2) is 26.3 Å². The zero-order valence-corrected chi connectivity index (χ0v) is 22.3. The van der Waals surface area contributed by atoms with Crippen LogP contribution in [0.3, 0.4) is 0 Å². The van der Waals surface area contributed by atoms with Gasteiger partial charge in [0.25, 0.3) is 0 Å². The van der Waals surface area contributed by atoms with Crippen LogP contribution in [0.4, 0.5) is 26.3 Å². The van der Waals surface area contributed by atoms with Gasteiger partial charge >= 0.3 is 0 Å². The lowest BCUT2D eigenvalue weighted by Gasteiger charge is -2.29. The number of halogens is 6. The third-order valence-corrected chi connectivity index (χ3v) is 7.50. The molecule has 2 unspecified atom stereocenters. The second-order valence-electron chi connectivity index (χ2n) is 10.2. The van der Waals surface area contributed by atoms with E-state index in [2.05, 4.69) is 11.7 Å². The van der Waals surface area contributed by atoms with Crippen LogP contribution in [-0.4, -0.2) is 13.5 Å². The summed E-state index contributed by atoms with van der Waals surface area (Å²) in [6.07, 6.45) is 3.91. The molecule has 2 nitrogen and oxygen atoms in total. The molecule has 0 bridgehead atoms. The zero-order chi connectivity index (χ0) is 29.1. The fraction of sp³-hybridized carbons (Fsp3) is 0.273. The van der Waals surface area contributed by atoms with E-state index in [1.54, 1.807) is 18.2 Å². The topological polar surface area (TPSA) is 18.5 Å². The molecule has 4 aromatic carbocycles. The number of rotatable bonds is 8. The third kappa shape index (κ3) is 6.12. The molecule has 214 valence electrons. The lowest BCUT2D eigenvalue weighted by atomic mass is 9.91. The van der Waals surface area contributed by atoms with Crippen molar-refractivity contribution in [1.29, 1.82) is 0 Å². The Morgan fingerprint density at radius 2 is 1.22 bits per heavy atom. The molecule has 1 saturated heterocycles. The van der Waals surface area contributed by atoms with Crippen molar-refractivity contribution in [3.8, 4) is 39.1 Å². The second kappa shape index (κ2) is 12.4. The fourth-order valence-corrected chi connectivity index (χ4v) is 5.41. The third-order valence-electron chi connectivity index (χ3n) is 7.50. The monoisotopic (exact) mass is 570 g/mol. The second-order valence-corrected chi connectivity index (χ2v) is 10.2. The highest BCUT2D eigenvalue weighted by molar-refractivity contribution is 5.74. The SMILES string of the molecule is CCCC1CCC(c2ccc(-c3ccc(-c4ccc(-c5cc(F)c(OCF)c(F)c5)c(F)c4)c(F)c3)c(F)c2)OC1. The minimum Gasteiger partial charge on any atom is -0.457 e. The van der Waals surface area contributed by atoms with Gasteiger partial charge in [-0.1, -0.05) is 49.7 Å². The van der Waals surface area contributed by atoms with E-state index in [1.807, 2.05) is 0 Å². The molecular formula is C33H28F6O2. The normalized spacial score (nSPS) is 17.0. The predicted octanol–water partition coefficient (Wildman–Crippen LogP) is 9.96. The lowest BCUT2D eigenvalue weighted by molar-refractivity contribution is -0.0195. The number of alkyl halides is 1.